The third kappa shape index (κ3) is 2.62. The molecule has 0 fully saturated rings. The zero-order valence-electron chi connectivity index (χ0n) is 13.4. The van der Waals surface area contributed by atoms with Crippen molar-refractivity contribution in [3.63, 3.8) is 0 Å². The highest BCUT2D eigenvalue weighted by Gasteiger charge is 2.25. The summed E-state index contributed by atoms with van der Waals surface area (Å²) in [4.78, 5) is 13.1. The van der Waals surface area contributed by atoms with E-state index in [1.54, 1.807) is 30.8 Å². The van der Waals surface area contributed by atoms with Gasteiger partial charge >= 0.3 is 0 Å². The molecule has 0 spiro atoms. The van der Waals surface area contributed by atoms with Crippen molar-refractivity contribution in [3.05, 3.63) is 47.6 Å². The molecule has 0 radical (unpaired) electrons. The summed E-state index contributed by atoms with van der Waals surface area (Å²) >= 11 is 0. The highest BCUT2D eigenvalue weighted by Crippen LogP contribution is 2.35. The van der Waals surface area contributed by atoms with Crippen molar-refractivity contribution in [2.45, 2.75) is 25.3 Å². The first kappa shape index (κ1) is 15.3. The number of nitrogens with two attached hydrogens (primary N) is 2. The van der Waals surface area contributed by atoms with Crippen LogP contribution in [0.25, 0.3) is 22.7 Å². The smallest absolute Gasteiger partial charge is 0.195 e. The van der Waals surface area contributed by atoms with Crippen LogP contribution in [0.5, 0.6) is 0 Å². The third-order valence-corrected chi connectivity index (χ3v) is 4.42. The lowest BCUT2D eigenvalue weighted by atomic mass is 9.85. The largest absolute Gasteiger partial charge is 0.461 e. The second-order valence-corrected chi connectivity index (χ2v) is 6.06. The number of nitriles is 1. The number of aromatic nitrogens is 3. The van der Waals surface area contributed by atoms with Crippen molar-refractivity contribution < 1.29 is 4.42 Å². The summed E-state index contributed by atoms with van der Waals surface area (Å²) in [5, 5.41) is 9.58. The number of rotatable bonds is 2. The number of aryl methyl sites for hydroxylation is 1. The fraction of sp³-hybridized carbons (Fsp3) is 0.222. The molecule has 1 atom stereocenters. The number of hydrogen-bond acceptors (Lipinski definition) is 7. The van der Waals surface area contributed by atoms with Gasteiger partial charge in [-0.05, 0) is 37.0 Å². The Labute approximate surface area is 144 Å². The van der Waals surface area contributed by atoms with Crippen LogP contribution in [0.2, 0.25) is 0 Å². The van der Waals surface area contributed by atoms with Gasteiger partial charge in [-0.1, -0.05) is 0 Å². The van der Waals surface area contributed by atoms with Crippen molar-refractivity contribution in [1.29, 1.82) is 5.26 Å². The topological polar surface area (TPSA) is 128 Å². The molecule has 0 aromatic carbocycles. The normalized spacial score (nSPS) is 16.2. The van der Waals surface area contributed by atoms with E-state index >= 15 is 0 Å². The minimum Gasteiger partial charge on any atom is -0.461 e. The van der Waals surface area contributed by atoms with E-state index in [1.807, 2.05) is 0 Å². The number of nitrogen functional groups attached to an aromatic ring is 1. The Morgan fingerprint density at radius 2 is 2.08 bits per heavy atom. The number of fused-ring (bicyclic) bond motifs is 1. The van der Waals surface area contributed by atoms with E-state index in [0.29, 0.717) is 23.6 Å². The molecule has 0 saturated carbocycles. The summed E-state index contributed by atoms with van der Waals surface area (Å²) in [6, 6.07) is 5.79. The standard InChI is InChI=1S/C18H16N6O/c19-7-13-16(12-6-11(20)3-4-14(12)24-17(13)21)10-8-22-18(23-9-10)15-2-1-5-25-15/h1-2,5,8-9,11H,3-4,6,20H2,(H2,21,24)/t11-/m1/s1. The Hall–Kier alpha value is -3.24. The van der Waals surface area contributed by atoms with Gasteiger partial charge in [0.25, 0.3) is 0 Å². The van der Waals surface area contributed by atoms with Crippen LogP contribution in [0.1, 0.15) is 23.2 Å². The molecule has 0 aliphatic heterocycles. The molecule has 0 unspecified atom stereocenters. The van der Waals surface area contributed by atoms with Crippen LogP contribution in [0.4, 0.5) is 5.82 Å². The van der Waals surface area contributed by atoms with E-state index in [-0.39, 0.29) is 11.9 Å². The minimum absolute atomic E-state index is 0.0477. The maximum atomic E-state index is 9.58. The van der Waals surface area contributed by atoms with E-state index in [0.717, 1.165) is 35.2 Å². The molecule has 4 N–H and O–H groups in total. The highest BCUT2D eigenvalue weighted by atomic mass is 16.3. The Morgan fingerprint density at radius 1 is 1.28 bits per heavy atom. The molecule has 3 aromatic rings. The maximum absolute atomic E-state index is 9.58. The summed E-state index contributed by atoms with van der Waals surface area (Å²) in [6.07, 6.45) is 7.21. The Morgan fingerprint density at radius 3 is 2.76 bits per heavy atom. The molecule has 0 amide bonds. The predicted molar refractivity (Wildman–Crippen MR) is 92.1 cm³/mol. The van der Waals surface area contributed by atoms with Crippen molar-refractivity contribution in [3.8, 4) is 28.8 Å². The molecular weight excluding hydrogens is 316 g/mol. The van der Waals surface area contributed by atoms with E-state index in [4.69, 9.17) is 15.9 Å². The number of nitrogens with zero attached hydrogens (tertiary/aromatic N) is 4. The summed E-state index contributed by atoms with van der Waals surface area (Å²) in [5.74, 6) is 1.31. The molecule has 124 valence electrons. The minimum atomic E-state index is 0.0477. The van der Waals surface area contributed by atoms with Crippen molar-refractivity contribution in [2.24, 2.45) is 5.73 Å². The van der Waals surface area contributed by atoms with E-state index in [9.17, 15) is 5.26 Å². The molecule has 1 aliphatic rings. The lowest BCUT2D eigenvalue weighted by molar-refractivity contribution is 0.568. The van der Waals surface area contributed by atoms with Gasteiger partial charge < -0.3 is 15.9 Å². The van der Waals surface area contributed by atoms with Crippen LogP contribution >= 0.6 is 0 Å². The Bertz CT molecular complexity index is 957. The van der Waals surface area contributed by atoms with Crippen LogP contribution in [0, 0.1) is 11.3 Å². The Kier molecular flexibility index (Phi) is 3.67. The fourth-order valence-electron chi connectivity index (χ4n) is 3.23. The first-order valence-electron chi connectivity index (χ1n) is 8.00. The third-order valence-electron chi connectivity index (χ3n) is 4.42. The zero-order chi connectivity index (χ0) is 17.4. The SMILES string of the molecule is N#Cc1c(N)nc2c(c1-c1cnc(-c3ccco3)nc1)C[C@H](N)CC2. The molecular formula is C18H16N6O. The molecule has 1 aliphatic carbocycles. The molecule has 25 heavy (non-hydrogen) atoms. The van der Waals surface area contributed by atoms with Crippen LogP contribution in [-0.2, 0) is 12.8 Å². The van der Waals surface area contributed by atoms with Gasteiger partial charge in [0.05, 0.1) is 6.26 Å². The van der Waals surface area contributed by atoms with Crippen LogP contribution in [-0.4, -0.2) is 21.0 Å². The highest BCUT2D eigenvalue weighted by molar-refractivity contribution is 5.79. The van der Waals surface area contributed by atoms with E-state index < -0.39 is 0 Å². The lowest BCUT2D eigenvalue weighted by Crippen LogP contribution is -2.29. The average molecular weight is 332 g/mol. The van der Waals surface area contributed by atoms with Gasteiger partial charge in [-0.2, -0.15) is 5.26 Å². The molecule has 4 rings (SSSR count). The maximum Gasteiger partial charge on any atom is 0.195 e. The number of furan rings is 1. The summed E-state index contributed by atoms with van der Waals surface area (Å²) in [7, 11) is 0. The van der Waals surface area contributed by atoms with E-state index in [2.05, 4.69) is 21.0 Å². The van der Waals surface area contributed by atoms with Gasteiger partial charge in [-0.15, -0.1) is 0 Å². The van der Waals surface area contributed by atoms with Crippen LogP contribution < -0.4 is 11.5 Å². The molecule has 7 heteroatoms. The first-order chi connectivity index (χ1) is 12.2. The molecule has 0 bridgehead atoms. The quantitative estimate of drug-likeness (QED) is 0.735. The Balaban J connectivity index is 1.87. The predicted octanol–water partition coefficient (Wildman–Crippen LogP) is 2.07. The van der Waals surface area contributed by atoms with Crippen LogP contribution in [0.15, 0.2) is 35.2 Å². The van der Waals surface area contributed by atoms with Crippen molar-refractivity contribution in [2.75, 3.05) is 5.73 Å². The summed E-state index contributed by atoms with van der Waals surface area (Å²) < 4.78 is 5.31. The summed E-state index contributed by atoms with van der Waals surface area (Å²) in [6.45, 7) is 0. The van der Waals surface area contributed by atoms with Gasteiger partial charge in [0.1, 0.15) is 17.5 Å². The first-order valence-corrected chi connectivity index (χ1v) is 8.00. The monoisotopic (exact) mass is 332 g/mol. The van der Waals surface area contributed by atoms with Crippen molar-refractivity contribution in [1.82, 2.24) is 15.0 Å². The molecule has 3 aromatic heterocycles. The molecule has 0 saturated heterocycles. The van der Waals surface area contributed by atoms with Crippen LogP contribution in [0.3, 0.4) is 0 Å². The number of hydrogen-bond donors (Lipinski definition) is 2. The van der Waals surface area contributed by atoms with Gasteiger partial charge in [0.15, 0.2) is 11.6 Å². The summed E-state index contributed by atoms with van der Waals surface area (Å²) in [5.41, 5.74) is 15.8. The zero-order valence-corrected chi connectivity index (χ0v) is 13.4. The molecule has 3 heterocycles. The fourth-order valence-corrected chi connectivity index (χ4v) is 3.23. The molecule has 7 nitrogen and oxygen atoms in total. The average Bonchev–Trinajstić information content (AvgIpc) is 3.16. The second kappa shape index (κ2) is 6.00. The van der Waals surface area contributed by atoms with Gasteiger partial charge in [0, 0.05) is 35.3 Å². The number of anilines is 1. The second-order valence-electron chi connectivity index (χ2n) is 6.06. The van der Waals surface area contributed by atoms with Crippen molar-refractivity contribution >= 4 is 5.82 Å². The van der Waals surface area contributed by atoms with Gasteiger partial charge in [-0.25, -0.2) is 15.0 Å². The van der Waals surface area contributed by atoms with Gasteiger partial charge in [-0.3, -0.25) is 0 Å². The van der Waals surface area contributed by atoms with E-state index in [1.165, 1.54) is 0 Å². The lowest BCUT2D eigenvalue weighted by Gasteiger charge is -2.24. The van der Waals surface area contributed by atoms with Gasteiger partial charge in [0.2, 0.25) is 0 Å². The number of pyridine rings is 1.